The average molecular weight is 327 g/mol. The molecule has 2 aromatic rings. The van der Waals surface area contributed by atoms with Gasteiger partial charge in [0.05, 0.1) is 9.40 Å². The number of carbonyl (C=O) groups excluding carboxylic acids is 1. The van der Waals surface area contributed by atoms with Gasteiger partial charge in [0.1, 0.15) is 0 Å². The first-order valence-electron chi connectivity index (χ1n) is 5.03. The minimum atomic E-state index is -0.586. The van der Waals surface area contributed by atoms with Crippen LogP contribution in [0.5, 0.6) is 0 Å². The number of hydrogen-bond donors (Lipinski definition) is 1. The highest BCUT2D eigenvalue weighted by Crippen LogP contribution is 2.25. The normalized spacial score (nSPS) is 10.2. The molecule has 0 aliphatic carbocycles. The van der Waals surface area contributed by atoms with Crippen molar-refractivity contribution in [1.29, 1.82) is 0 Å². The third kappa shape index (κ3) is 2.94. The van der Waals surface area contributed by atoms with Crippen LogP contribution >= 0.6 is 15.9 Å². The van der Waals surface area contributed by atoms with Gasteiger partial charge in [-0.2, -0.15) is 0 Å². The molecule has 98 valence electrons. The fraction of sp³-hybridized carbons (Fsp3) is 0.100. The molecule has 1 amide bonds. The van der Waals surface area contributed by atoms with Crippen LogP contribution in [-0.4, -0.2) is 21.0 Å². The van der Waals surface area contributed by atoms with Gasteiger partial charge in [-0.3, -0.25) is 20.2 Å². The second-order valence-electron chi connectivity index (χ2n) is 3.50. The number of rotatable bonds is 3. The highest BCUT2D eigenvalue weighted by Gasteiger charge is 2.17. The molecule has 0 spiro atoms. The summed E-state index contributed by atoms with van der Waals surface area (Å²) in [6.45, 7) is 1.58. The van der Waals surface area contributed by atoms with E-state index in [9.17, 15) is 14.9 Å². The van der Waals surface area contributed by atoms with Gasteiger partial charge < -0.3 is 4.42 Å². The summed E-state index contributed by atoms with van der Waals surface area (Å²) in [6, 6.07) is 3.96. The van der Waals surface area contributed by atoms with E-state index in [4.69, 9.17) is 4.42 Å². The Balaban J connectivity index is 2.24. The summed E-state index contributed by atoms with van der Waals surface area (Å²) in [4.78, 5) is 22.0. The molecule has 0 saturated heterocycles. The van der Waals surface area contributed by atoms with Crippen LogP contribution in [0.2, 0.25) is 0 Å². The molecule has 1 heterocycles. The van der Waals surface area contributed by atoms with Crippen LogP contribution < -0.4 is 5.32 Å². The van der Waals surface area contributed by atoms with Gasteiger partial charge in [-0.25, -0.2) is 0 Å². The van der Waals surface area contributed by atoms with Gasteiger partial charge in [-0.1, -0.05) is 5.10 Å². The molecule has 1 N–H and O–H groups in total. The van der Waals surface area contributed by atoms with Crippen molar-refractivity contribution in [2.24, 2.45) is 0 Å². The largest absolute Gasteiger partial charge is 0.408 e. The zero-order valence-electron chi connectivity index (χ0n) is 9.58. The van der Waals surface area contributed by atoms with Gasteiger partial charge in [0.25, 0.3) is 11.6 Å². The fourth-order valence-electron chi connectivity index (χ4n) is 1.31. The molecule has 0 aliphatic heterocycles. The Kier molecular flexibility index (Phi) is 3.56. The van der Waals surface area contributed by atoms with Gasteiger partial charge in [0.2, 0.25) is 5.89 Å². The van der Waals surface area contributed by atoms with E-state index < -0.39 is 10.8 Å². The van der Waals surface area contributed by atoms with Crippen molar-refractivity contribution in [3.05, 3.63) is 44.2 Å². The third-order valence-corrected chi connectivity index (χ3v) is 2.82. The third-order valence-electron chi connectivity index (χ3n) is 2.15. The first kappa shape index (κ1) is 13.1. The SMILES string of the molecule is Cc1nnc(NC(=O)c2ccc(Br)c([N+](=O)[O-])c2)o1. The van der Waals surface area contributed by atoms with Crippen molar-refractivity contribution >= 4 is 33.5 Å². The number of nitro benzene ring substituents is 1. The second-order valence-corrected chi connectivity index (χ2v) is 4.36. The topological polar surface area (TPSA) is 111 Å². The molecular weight excluding hydrogens is 320 g/mol. The van der Waals surface area contributed by atoms with Gasteiger partial charge in [0, 0.05) is 18.6 Å². The number of hydrogen-bond acceptors (Lipinski definition) is 6. The van der Waals surface area contributed by atoms with Gasteiger partial charge in [-0.05, 0) is 28.1 Å². The van der Waals surface area contributed by atoms with Crippen LogP contribution in [0.4, 0.5) is 11.7 Å². The predicted molar refractivity (Wildman–Crippen MR) is 67.8 cm³/mol. The summed E-state index contributed by atoms with van der Waals surface area (Å²) >= 11 is 3.04. The Morgan fingerprint density at radius 2 is 2.21 bits per heavy atom. The zero-order chi connectivity index (χ0) is 14.0. The Morgan fingerprint density at radius 1 is 1.47 bits per heavy atom. The predicted octanol–water partition coefficient (Wildman–Crippen LogP) is 2.30. The van der Waals surface area contributed by atoms with E-state index in [0.717, 1.165) is 6.07 Å². The molecule has 0 bridgehead atoms. The van der Waals surface area contributed by atoms with Crippen molar-refractivity contribution in [1.82, 2.24) is 10.2 Å². The molecule has 8 nitrogen and oxygen atoms in total. The Morgan fingerprint density at radius 3 is 2.79 bits per heavy atom. The molecule has 0 unspecified atom stereocenters. The highest BCUT2D eigenvalue weighted by atomic mass is 79.9. The quantitative estimate of drug-likeness (QED) is 0.684. The van der Waals surface area contributed by atoms with Crippen molar-refractivity contribution in [3.63, 3.8) is 0 Å². The molecule has 0 saturated carbocycles. The van der Waals surface area contributed by atoms with Crippen LogP contribution in [-0.2, 0) is 0 Å². The number of anilines is 1. The molecule has 0 atom stereocenters. The number of aryl methyl sites for hydroxylation is 1. The van der Waals surface area contributed by atoms with E-state index in [1.54, 1.807) is 6.92 Å². The summed E-state index contributed by atoms with van der Waals surface area (Å²) < 4.78 is 5.27. The maximum atomic E-state index is 11.8. The molecule has 2 rings (SSSR count). The average Bonchev–Trinajstić information content (AvgIpc) is 2.74. The fourth-order valence-corrected chi connectivity index (χ4v) is 1.70. The van der Waals surface area contributed by atoms with E-state index >= 15 is 0 Å². The summed E-state index contributed by atoms with van der Waals surface area (Å²) in [5.41, 5.74) is -0.0832. The lowest BCUT2D eigenvalue weighted by Crippen LogP contribution is -2.12. The number of benzene rings is 1. The van der Waals surface area contributed by atoms with Crippen LogP contribution in [0.3, 0.4) is 0 Å². The second kappa shape index (κ2) is 5.14. The van der Waals surface area contributed by atoms with Crippen molar-refractivity contribution < 1.29 is 14.1 Å². The van der Waals surface area contributed by atoms with E-state index in [-0.39, 0.29) is 17.3 Å². The van der Waals surface area contributed by atoms with Crippen LogP contribution in [0, 0.1) is 17.0 Å². The highest BCUT2D eigenvalue weighted by molar-refractivity contribution is 9.10. The summed E-state index contributed by atoms with van der Waals surface area (Å²) in [5.74, 6) is -0.267. The molecule has 0 aliphatic rings. The minimum Gasteiger partial charge on any atom is -0.408 e. The number of nitro groups is 1. The first-order chi connectivity index (χ1) is 8.97. The van der Waals surface area contributed by atoms with Gasteiger partial charge in [0.15, 0.2) is 0 Å². The summed E-state index contributed by atoms with van der Waals surface area (Å²) in [7, 11) is 0. The molecule has 0 fully saturated rings. The van der Waals surface area contributed by atoms with Crippen LogP contribution in [0.15, 0.2) is 27.1 Å². The number of halogens is 1. The Bertz CT molecular complexity index is 655. The molecule has 9 heteroatoms. The van der Waals surface area contributed by atoms with E-state index in [1.807, 2.05) is 0 Å². The van der Waals surface area contributed by atoms with Crippen LogP contribution in [0.1, 0.15) is 16.2 Å². The maximum absolute atomic E-state index is 11.8. The van der Waals surface area contributed by atoms with Crippen molar-refractivity contribution in [3.8, 4) is 0 Å². The van der Waals surface area contributed by atoms with Crippen molar-refractivity contribution in [2.75, 3.05) is 5.32 Å². The zero-order valence-corrected chi connectivity index (χ0v) is 11.2. The number of nitrogens with one attached hydrogen (secondary N) is 1. The molecule has 1 aromatic heterocycles. The summed E-state index contributed by atoms with van der Waals surface area (Å²) in [5, 5.41) is 20.2. The van der Waals surface area contributed by atoms with E-state index in [2.05, 4.69) is 31.4 Å². The standard InChI is InChI=1S/C10H7BrN4O4/c1-5-13-14-10(19-5)12-9(16)6-2-3-7(11)8(4-6)15(17)18/h2-4H,1H3,(H,12,14,16). The minimum absolute atomic E-state index is 0.0620. The molecule has 0 radical (unpaired) electrons. The smallest absolute Gasteiger partial charge is 0.322 e. The number of nitrogens with zero attached hydrogens (tertiary/aromatic N) is 3. The monoisotopic (exact) mass is 326 g/mol. The van der Waals surface area contributed by atoms with E-state index in [1.165, 1.54) is 12.1 Å². The first-order valence-corrected chi connectivity index (χ1v) is 5.82. The summed E-state index contributed by atoms with van der Waals surface area (Å²) in [6.07, 6.45) is 0. The van der Waals surface area contributed by atoms with Gasteiger partial charge >= 0.3 is 6.01 Å². The number of carbonyl (C=O) groups is 1. The lowest BCUT2D eigenvalue weighted by atomic mass is 10.2. The molecule has 1 aromatic carbocycles. The van der Waals surface area contributed by atoms with Gasteiger partial charge in [-0.15, -0.1) is 5.10 Å². The Hall–Kier alpha value is -2.29. The van der Waals surface area contributed by atoms with Crippen LogP contribution in [0.25, 0.3) is 0 Å². The lowest BCUT2D eigenvalue weighted by molar-refractivity contribution is -0.385. The number of amides is 1. The lowest BCUT2D eigenvalue weighted by Gasteiger charge is -2.01. The molecule has 19 heavy (non-hydrogen) atoms. The maximum Gasteiger partial charge on any atom is 0.322 e. The Labute approximate surface area is 115 Å². The van der Waals surface area contributed by atoms with E-state index in [0.29, 0.717) is 10.4 Å². The molecular formula is C10H7BrN4O4. The number of aromatic nitrogens is 2. The van der Waals surface area contributed by atoms with Crippen molar-refractivity contribution in [2.45, 2.75) is 6.92 Å².